The van der Waals surface area contributed by atoms with E-state index >= 15 is 0 Å². The maximum Gasteiger partial charge on any atom is 0.415 e. The van der Waals surface area contributed by atoms with Crippen molar-refractivity contribution in [3.05, 3.63) is 94.9 Å². The van der Waals surface area contributed by atoms with Crippen LogP contribution in [0.1, 0.15) is 61.1 Å². The van der Waals surface area contributed by atoms with Crippen LogP contribution in [-0.2, 0) is 0 Å². The highest BCUT2D eigenvalue weighted by Gasteiger charge is 2.31. The van der Waals surface area contributed by atoms with E-state index in [9.17, 15) is 18.3 Å². The molecule has 1 aromatic carbocycles. The highest BCUT2D eigenvalue weighted by molar-refractivity contribution is 5.78. The van der Waals surface area contributed by atoms with Crippen molar-refractivity contribution in [2.45, 2.75) is 51.9 Å². The van der Waals surface area contributed by atoms with Crippen LogP contribution in [0.4, 0.5) is 13.2 Å². The molecular formula is C27H31F3N2O. The van der Waals surface area contributed by atoms with Crippen LogP contribution in [0.2, 0.25) is 0 Å². The zero-order chi connectivity index (χ0) is 24.2. The largest absolute Gasteiger partial charge is 0.415 e. The third kappa shape index (κ3) is 6.42. The van der Waals surface area contributed by atoms with Gasteiger partial charge in [0, 0.05) is 31.1 Å². The molecule has 1 fully saturated rings. The Bertz CT molecular complexity index is 1040. The molecule has 0 bridgehead atoms. The van der Waals surface area contributed by atoms with Crippen LogP contribution in [0.15, 0.2) is 72.6 Å². The topological polar surface area (TPSA) is 36.4 Å². The van der Waals surface area contributed by atoms with Gasteiger partial charge in [0.25, 0.3) is 0 Å². The van der Waals surface area contributed by atoms with E-state index in [1.54, 1.807) is 24.4 Å². The SMILES string of the molecule is C=C(C=C(C=C(C)C)c1ccc(C(O)N2CCCC(c3cccnc3)C2)cc1C)C(F)(F)F. The van der Waals surface area contributed by atoms with Gasteiger partial charge in [-0.2, -0.15) is 13.2 Å². The molecule has 1 N–H and O–H groups in total. The molecule has 2 atom stereocenters. The minimum absolute atomic E-state index is 0.308. The summed E-state index contributed by atoms with van der Waals surface area (Å²) in [5, 5.41) is 11.1. The lowest BCUT2D eigenvalue weighted by atomic mass is 9.90. The Labute approximate surface area is 194 Å². The van der Waals surface area contributed by atoms with Gasteiger partial charge in [0.15, 0.2) is 0 Å². The van der Waals surface area contributed by atoms with Gasteiger partial charge in [-0.25, -0.2) is 0 Å². The second-order valence-corrected chi connectivity index (χ2v) is 8.91. The number of hydrogen-bond acceptors (Lipinski definition) is 3. The zero-order valence-electron chi connectivity index (χ0n) is 19.4. The van der Waals surface area contributed by atoms with Gasteiger partial charge in [-0.3, -0.25) is 9.88 Å². The standard InChI is InChI=1S/C27H31F3N2O/c1-18(2)13-24(15-20(4)27(28,29)30)25-10-9-21(14-19(25)3)26(33)32-12-6-8-23(17-32)22-7-5-11-31-16-22/h5,7,9-11,13-16,23,26,33H,4,6,8,12,17H2,1-3H3. The molecule has 3 nitrogen and oxygen atoms in total. The second-order valence-electron chi connectivity index (χ2n) is 8.91. The number of alkyl halides is 3. The number of likely N-dealkylation sites (tertiary alicyclic amines) is 1. The third-order valence-corrected chi connectivity index (χ3v) is 5.95. The molecule has 0 amide bonds. The fourth-order valence-electron chi connectivity index (χ4n) is 4.28. The van der Waals surface area contributed by atoms with Crippen LogP contribution in [-0.4, -0.2) is 34.3 Å². The highest BCUT2D eigenvalue weighted by Crippen LogP contribution is 2.34. The number of aryl methyl sites for hydroxylation is 1. The summed E-state index contributed by atoms with van der Waals surface area (Å²) in [6.07, 6.45) is 3.19. The lowest BCUT2D eigenvalue weighted by molar-refractivity contribution is -0.0877. The molecule has 0 saturated carbocycles. The number of rotatable bonds is 6. The van der Waals surface area contributed by atoms with Crippen LogP contribution >= 0.6 is 0 Å². The normalized spacial score (nSPS) is 18.6. The summed E-state index contributed by atoms with van der Waals surface area (Å²) in [5.74, 6) is 0.308. The molecule has 2 unspecified atom stereocenters. The van der Waals surface area contributed by atoms with Crippen molar-refractivity contribution < 1.29 is 18.3 Å². The van der Waals surface area contributed by atoms with Gasteiger partial charge in [0.1, 0.15) is 6.23 Å². The predicted octanol–water partition coefficient (Wildman–Crippen LogP) is 6.73. The second kappa shape index (κ2) is 10.5. The summed E-state index contributed by atoms with van der Waals surface area (Å²) in [5.41, 5.74) is 3.82. The molecule has 33 heavy (non-hydrogen) atoms. The monoisotopic (exact) mass is 456 g/mol. The Kier molecular flexibility index (Phi) is 7.92. The van der Waals surface area contributed by atoms with E-state index in [0.717, 1.165) is 48.7 Å². The first-order valence-electron chi connectivity index (χ1n) is 11.1. The number of aromatic nitrogens is 1. The van der Waals surface area contributed by atoms with Crippen LogP contribution < -0.4 is 0 Å². The molecular weight excluding hydrogens is 425 g/mol. The molecule has 176 valence electrons. The minimum Gasteiger partial charge on any atom is -0.374 e. The van der Waals surface area contributed by atoms with E-state index in [-0.39, 0.29) is 0 Å². The number of pyridine rings is 1. The van der Waals surface area contributed by atoms with Crippen molar-refractivity contribution in [1.29, 1.82) is 0 Å². The summed E-state index contributed by atoms with van der Waals surface area (Å²) in [6, 6.07) is 9.43. The number of allylic oxidation sites excluding steroid dienone is 5. The van der Waals surface area contributed by atoms with Crippen molar-refractivity contribution >= 4 is 5.57 Å². The first-order valence-corrected chi connectivity index (χ1v) is 11.1. The number of nitrogens with zero attached hydrogens (tertiary/aromatic N) is 2. The van der Waals surface area contributed by atoms with Gasteiger partial charge < -0.3 is 5.11 Å². The Balaban J connectivity index is 1.84. The van der Waals surface area contributed by atoms with Crippen molar-refractivity contribution in [2.24, 2.45) is 0 Å². The van der Waals surface area contributed by atoms with Gasteiger partial charge in [-0.05, 0) is 79.5 Å². The number of halogens is 3. The van der Waals surface area contributed by atoms with E-state index < -0.39 is 18.0 Å². The smallest absolute Gasteiger partial charge is 0.374 e. The van der Waals surface area contributed by atoms with Gasteiger partial charge in [0.2, 0.25) is 0 Å². The molecule has 0 aliphatic carbocycles. The average molecular weight is 457 g/mol. The molecule has 1 aromatic heterocycles. The molecule has 0 spiro atoms. The number of aliphatic hydroxyl groups excluding tert-OH is 1. The van der Waals surface area contributed by atoms with Gasteiger partial charge >= 0.3 is 6.18 Å². The molecule has 1 aliphatic rings. The number of aliphatic hydroxyl groups is 1. The zero-order valence-corrected chi connectivity index (χ0v) is 19.4. The van der Waals surface area contributed by atoms with E-state index in [1.807, 2.05) is 44.0 Å². The van der Waals surface area contributed by atoms with E-state index in [4.69, 9.17) is 0 Å². The number of piperidine rings is 1. The van der Waals surface area contributed by atoms with Gasteiger partial charge in [0.05, 0.1) is 0 Å². The fourth-order valence-corrected chi connectivity index (χ4v) is 4.28. The molecule has 0 radical (unpaired) electrons. The van der Waals surface area contributed by atoms with E-state index in [1.165, 1.54) is 5.56 Å². The number of benzene rings is 1. The van der Waals surface area contributed by atoms with Crippen LogP contribution in [0, 0.1) is 6.92 Å². The van der Waals surface area contributed by atoms with Crippen LogP contribution in [0.5, 0.6) is 0 Å². The Morgan fingerprint density at radius 3 is 2.61 bits per heavy atom. The summed E-state index contributed by atoms with van der Waals surface area (Å²) < 4.78 is 39.3. The molecule has 2 aromatic rings. The molecule has 1 saturated heterocycles. The third-order valence-electron chi connectivity index (χ3n) is 5.95. The molecule has 6 heteroatoms. The van der Waals surface area contributed by atoms with Crippen LogP contribution in [0.25, 0.3) is 5.57 Å². The van der Waals surface area contributed by atoms with E-state index in [2.05, 4.69) is 17.6 Å². The predicted molar refractivity (Wildman–Crippen MR) is 127 cm³/mol. The molecule has 2 heterocycles. The Morgan fingerprint density at radius 1 is 1.24 bits per heavy atom. The average Bonchev–Trinajstić information content (AvgIpc) is 2.78. The highest BCUT2D eigenvalue weighted by atomic mass is 19.4. The molecule has 1 aliphatic heterocycles. The van der Waals surface area contributed by atoms with Gasteiger partial charge in [-0.15, -0.1) is 0 Å². The van der Waals surface area contributed by atoms with Crippen LogP contribution in [0.3, 0.4) is 0 Å². The van der Waals surface area contributed by atoms with Crippen molar-refractivity contribution in [2.75, 3.05) is 13.1 Å². The number of hydrogen-bond donors (Lipinski definition) is 1. The van der Waals surface area contributed by atoms with E-state index in [0.29, 0.717) is 17.1 Å². The Hall–Kier alpha value is -2.70. The maximum absolute atomic E-state index is 13.1. The first-order chi connectivity index (χ1) is 15.6. The van der Waals surface area contributed by atoms with Crippen molar-refractivity contribution in [3.63, 3.8) is 0 Å². The fraction of sp³-hybridized carbons (Fsp3) is 0.370. The lowest BCUT2D eigenvalue weighted by Crippen LogP contribution is -2.37. The quantitative estimate of drug-likeness (QED) is 0.490. The first kappa shape index (κ1) is 24.9. The summed E-state index contributed by atoms with van der Waals surface area (Å²) in [6.45, 7) is 10.2. The van der Waals surface area contributed by atoms with Crippen molar-refractivity contribution in [1.82, 2.24) is 9.88 Å². The summed E-state index contributed by atoms with van der Waals surface area (Å²) >= 11 is 0. The summed E-state index contributed by atoms with van der Waals surface area (Å²) in [7, 11) is 0. The van der Waals surface area contributed by atoms with Gasteiger partial charge in [-0.1, -0.05) is 42.5 Å². The lowest BCUT2D eigenvalue weighted by Gasteiger charge is -2.36. The molecule has 3 rings (SSSR count). The minimum atomic E-state index is -4.48. The maximum atomic E-state index is 13.1. The van der Waals surface area contributed by atoms with Crippen molar-refractivity contribution in [3.8, 4) is 0 Å². The Morgan fingerprint density at radius 2 is 2.00 bits per heavy atom. The summed E-state index contributed by atoms with van der Waals surface area (Å²) in [4.78, 5) is 6.26.